The van der Waals surface area contributed by atoms with Crippen molar-refractivity contribution in [3.63, 3.8) is 0 Å². The summed E-state index contributed by atoms with van der Waals surface area (Å²) >= 11 is 0. The molecule has 7 nitrogen and oxygen atoms in total. The fourth-order valence-corrected chi connectivity index (χ4v) is 2.88. The van der Waals surface area contributed by atoms with Gasteiger partial charge < -0.3 is 9.88 Å². The predicted molar refractivity (Wildman–Crippen MR) is 84.2 cm³/mol. The van der Waals surface area contributed by atoms with E-state index in [0.717, 1.165) is 24.2 Å². The minimum atomic E-state index is -0.152. The van der Waals surface area contributed by atoms with Gasteiger partial charge in [0.15, 0.2) is 0 Å². The molecule has 0 aliphatic carbocycles. The molecule has 7 heteroatoms. The van der Waals surface area contributed by atoms with Gasteiger partial charge in [-0.1, -0.05) is 0 Å². The summed E-state index contributed by atoms with van der Waals surface area (Å²) in [6, 6.07) is 1.53. The summed E-state index contributed by atoms with van der Waals surface area (Å²) in [6.45, 7) is 4.83. The molecule has 3 rings (SSSR count). The van der Waals surface area contributed by atoms with E-state index in [-0.39, 0.29) is 17.4 Å². The van der Waals surface area contributed by atoms with E-state index in [2.05, 4.69) is 19.9 Å². The third-order valence-electron chi connectivity index (χ3n) is 4.01. The highest BCUT2D eigenvalue weighted by Crippen LogP contribution is 2.25. The first-order valence-corrected chi connectivity index (χ1v) is 7.69. The number of aromatic nitrogens is 4. The van der Waals surface area contributed by atoms with Crippen LogP contribution in [0, 0.1) is 13.8 Å². The molecule has 1 unspecified atom stereocenters. The summed E-state index contributed by atoms with van der Waals surface area (Å²) < 4.78 is 0. The van der Waals surface area contributed by atoms with Gasteiger partial charge in [0, 0.05) is 31.3 Å². The second kappa shape index (κ2) is 6.28. The number of nitrogens with zero attached hydrogens (tertiary/aromatic N) is 4. The predicted octanol–water partition coefficient (Wildman–Crippen LogP) is 1.20. The number of carbonyl (C=O) groups excluding carboxylic acids is 1. The van der Waals surface area contributed by atoms with E-state index < -0.39 is 0 Å². The number of likely N-dealkylation sites (tertiary alicyclic amines) is 1. The van der Waals surface area contributed by atoms with Crippen LogP contribution in [-0.4, -0.2) is 43.8 Å². The van der Waals surface area contributed by atoms with Crippen molar-refractivity contribution in [2.75, 3.05) is 13.1 Å². The van der Waals surface area contributed by atoms with Crippen LogP contribution in [0.1, 0.15) is 46.5 Å². The van der Waals surface area contributed by atoms with Crippen molar-refractivity contribution in [2.24, 2.45) is 0 Å². The quantitative estimate of drug-likeness (QED) is 0.899. The summed E-state index contributed by atoms with van der Waals surface area (Å²) in [5, 5.41) is 0. The molecule has 0 aromatic carbocycles. The van der Waals surface area contributed by atoms with Crippen LogP contribution in [0.3, 0.4) is 0 Å². The smallest absolute Gasteiger partial charge is 0.274 e. The van der Waals surface area contributed by atoms with Crippen molar-refractivity contribution in [3.8, 4) is 0 Å². The van der Waals surface area contributed by atoms with E-state index in [1.807, 2.05) is 6.92 Å². The Labute approximate surface area is 133 Å². The minimum absolute atomic E-state index is 0.0760. The van der Waals surface area contributed by atoms with Crippen molar-refractivity contribution in [2.45, 2.75) is 32.6 Å². The van der Waals surface area contributed by atoms with Gasteiger partial charge in [0.1, 0.15) is 11.5 Å². The van der Waals surface area contributed by atoms with Gasteiger partial charge in [0.25, 0.3) is 11.5 Å². The van der Waals surface area contributed by atoms with Gasteiger partial charge in [-0.15, -0.1) is 0 Å². The maximum Gasteiger partial charge on any atom is 0.274 e. The van der Waals surface area contributed by atoms with Crippen molar-refractivity contribution < 1.29 is 4.79 Å². The Morgan fingerprint density at radius 3 is 2.83 bits per heavy atom. The molecule has 120 valence electrons. The molecule has 2 aromatic rings. The van der Waals surface area contributed by atoms with E-state index in [0.29, 0.717) is 24.6 Å². The van der Waals surface area contributed by atoms with Crippen LogP contribution in [-0.2, 0) is 0 Å². The molecule has 0 bridgehead atoms. The number of aryl methyl sites for hydroxylation is 2. The molecule has 1 fully saturated rings. The molecule has 0 radical (unpaired) electrons. The summed E-state index contributed by atoms with van der Waals surface area (Å²) in [5.41, 5.74) is 1.73. The van der Waals surface area contributed by atoms with Gasteiger partial charge in [-0.05, 0) is 26.7 Å². The fraction of sp³-hybridized carbons (Fsp3) is 0.438. The van der Waals surface area contributed by atoms with Gasteiger partial charge >= 0.3 is 0 Å². The lowest BCUT2D eigenvalue weighted by molar-refractivity contribution is 0.0699. The molecule has 1 N–H and O–H groups in total. The Kier molecular flexibility index (Phi) is 4.18. The van der Waals surface area contributed by atoms with E-state index in [1.54, 1.807) is 18.0 Å². The van der Waals surface area contributed by atoms with Crippen molar-refractivity contribution >= 4 is 5.91 Å². The first kappa shape index (κ1) is 15.3. The molecular formula is C16H19N5O2. The molecule has 2 aromatic heterocycles. The maximum absolute atomic E-state index is 12.6. The summed E-state index contributed by atoms with van der Waals surface area (Å²) in [4.78, 5) is 41.3. The lowest BCUT2D eigenvalue weighted by Gasteiger charge is -2.32. The number of H-pyrrole nitrogens is 1. The largest absolute Gasteiger partial charge is 0.337 e. The van der Waals surface area contributed by atoms with Gasteiger partial charge in [-0.2, -0.15) is 0 Å². The highest BCUT2D eigenvalue weighted by atomic mass is 16.2. The molecule has 0 spiro atoms. The van der Waals surface area contributed by atoms with E-state index in [4.69, 9.17) is 0 Å². The van der Waals surface area contributed by atoms with Gasteiger partial charge in [0.05, 0.1) is 17.6 Å². The van der Waals surface area contributed by atoms with Crippen LogP contribution in [0.2, 0.25) is 0 Å². The number of aromatic amines is 1. The minimum Gasteiger partial charge on any atom is -0.337 e. The topological polar surface area (TPSA) is 91.8 Å². The van der Waals surface area contributed by atoms with Crippen LogP contribution in [0.25, 0.3) is 0 Å². The van der Waals surface area contributed by atoms with Crippen LogP contribution >= 0.6 is 0 Å². The fourth-order valence-electron chi connectivity index (χ4n) is 2.88. The second-order valence-electron chi connectivity index (χ2n) is 5.89. The molecular weight excluding hydrogens is 294 g/mol. The number of rotatable bonds is 2. The molecule has 1 aliphatic rings. The summed E-state index contributed by atoms with van der Waals surface area (Å²) in [6.07, 6.45) is 4.90. The first-order valence-electron chi connectivity index (χ1n) is 7.69. The zero-order valence-electron chi connectivity index (χ0n) is 13.2. The van der Waals surface area contributed by atoms with Gasteiger partial charge in [0.2, 0.25) is 0 Å². The SMILES string of the molecule is Cc1cnc(C(=O)N2CCCC(c3cc(=O)[nH]c(C)n3)C2)cn1. The van der Waals surface area contributed by atoms with Crippen molar-refractivity contribution in [3.05, 3.63) is 51.7 Å². The Balaban J connectivity index is 1.79. The first-order chi connectivity index (χ1) is 11.0. The van der Waals surface area contributed by atoms with Crippen LogP contribution in [0.15, 0.2) is 23.3 Å². The van der Waals surface area contributed by atoms with Crippen LogP contribution in [0.4, 0.5) is 0 Å². The Morgan fingerprint density at radius 1 is 1.30 bits per heavy atom. The average Bonchev–Trinajstić information content (AvgIpc) is 2.54. The number of nitrogens with one attached hydrogen (secondary N) is 1. The number of piperidine rings is 1. The Bertz CT molecular complexity index is 769. The zero-order valence-corrected chi connectivity index (χ0v) is 13.2. The average molecular weight is 313 g/mol. The standard InChI is InChI=1S/C16H19N5O2/c1-10-7-18-14(8-17-10)16(23)21-5-3-4-12(9-21)13-6-15(22)20-11(2)19-13/h6-8,12H,3-5,9H2,1-2H3,(H,19,20,22). The molecule has 0 saturated carbocycles. The lowest BCUT2D eigenvalue weighted by Crippen LogP contribution is -2.40. The van der Waals surface area contributed by atoms with E-state index >= 15 is 0 Å². The van der Waals surface area contributed by atoms with Gasteiger partial charge in [-0.25, -0.2) is 9.97 Å². The molecule has 1 saturated heterocycles. The number of hydrogen-bond donors (Lipinski definition) is 1. The third-order valence-corrected chi connectivity index (χ3v) is 4.01. The highest BCUT2D eigenvalue weighted by molar-refractivity contribution is 5.92. The van der Waals surface area contributed by atoms with Crippen LogP contribution in [0.5, 0.6) is 0 Å². The van der Waals surface area contributed by atoms with E-state index in [1.165, 1.54) is 12.3 Å². The van der Waals surface area contributed by atoms with Crippen molar-refractivity contribution in [1.29, 1.82) is 0 Å². The number of carbonyl (C=O) groups is 1. The monoisotopic (exact) mass is 313 g/mol. The van der Waals surface area contributed by atoms with Crippen LogP contribution < -0.4 is 5.56 Å². The summed E-state index contributed by atoms with van der Waals surface area (Å²) in [7, 11) is 0. The number of hydrogen-bond acceptors (Lipinski definition) is 5. The molecule has 1 amide bonds. The number of amides is 1. The van der Waals surface area contributed by atoms with Gasteiger partial charge in [-0.3, -0.25) is 14.6 Å². The Morgan fingerprint density at radius 2 is 2.13 bits per heavy atom. The van der Waals surface area contributed by atoms with Crippen molar-refractivity contribution in [1.82, 2.24) is 24.8 Å². The molecule has 3 heterocycles. The molecule has 1 atom stereocenters. The maximum atomic E-state index is 12.6. The Hall–Kier alpha value is -2.57. The normalized spacial score (nSPS) is 18.0. The molecule has 23 heavy (non-hydrogen) atoms. The summed E-state index contributed by atoms with van der Waals surface area (Å²) in [5.74, 6) is 0.552. The lowest BCUT2D eigenvalue weighted by atomic mass is 9.94. The zero-order chi connectivity index (χ0) is 16.4. The van der Waals surface area contributed by atoms with E-state index in [9.17, 15) is 9.59 Å². The molecule has 1 aliphatic heterocycles. The third kappa shape index (κ3) is 3.44. The second-order valence-corrected chi connectivity index (χ2v) is 5.89. The highest BCUT2D eigenvalue weighted by Gasteiger charge is 2.27.